The number of urea groups is 1. The molecule has 2 N–H and O–H groups in total. The quantitative estimate of drug-likeness (QED) is 0.407. The number of carbonyl (C=O) groups is 4. The van der Waals surface area contributed by atoms with Crippen molar-refractivity contribution in [2.75, 3.05) is 32.8 Å². The number of nitrogens with zero attached hydrogens (tertiary/aromatic N) is 4. The van der Waals surface area contributed by atoms with Crippen LogP contribution in [0.1, 0.15) is 30.9 Å². The number of hydrazine groups is 1. The van der Waals surface area contributed by atoms with E-state index in [9.17, 15) is 28.7 Å². The number of carboxylic acids is 1. The molecule has 0 radical (unpaired) electrons. The Morgan fingerprint density at radius 1 is 1.05 bits per heavy atom. The molecule has 0 unspecified atom stereocenters. The summed E-state index contributed by atoms with van der Waals surface area (Å²) in [5.74, 6) is -2.49. The van der Waals surface area contributed by atoms with Gasteiger partial charge >= 0.3 is 12.0 Å². The standard InChI is InChI=1S/C28H34FN5O6/c1-2-12-32-18-25(35)33-23(15-26(36)37)27(38)31(13-14-40-19-21-8-10-22(29)11-9-21)17-24(33)34(32)28(39)30-16-20-6-4-3-5-7-20/h3-11,23-24H,2,12-19H2,1H3,(H,30,39)(H,36,37)/t23-,24-/m0/s1. The van der Waals surface area contributed by atoms with E-state index in [0.29, 0.717) is 13.0 Å². The van der Waals surface area contributed by atoms with Crippen LogP contribution in [0.2, 0.25) is 0 Å². The fraction of sp³-hybridized carbons (Fsp3) is 0.429. The molecule has 2 aromatic carbocycles. The summed E-state index contributed by atoms with van der Waals surface area (Å²) >= 11 is 0. The number of amides is 4. The highest BCUT2D eigenvalue weighted by Crippen LogP contribution is 2.28. The number of fused-ring (bicyclic) bond motifs is 1. The van der Waals surface area contributed by atoms with Gasteiger partial charge in [-0.2, -0.15) is 0 Å². The number of halogens is 1. The average molecular weight is 556 g/mol. The first-order valence-electron chi connectivity index (χ1n) is 13.3. The molecule has 0 aromatic heterocycles. The number of carbonyl (C=O) groups excluding carboxylic acids is 3. The molecule has 11 nitrogen and oxygen atoms in total. The van der Waals surface area contributed by atoms with Crippen LogP contribution in [0.5, 0.6) is 0 Å². The van der Waals surface area contributed by atoms with Gasteiger partial charge in [0.1, 0.15) is 18.0 Å². The predicted octanol–water partition coefficient (Wildman–Crippen LogP) is 2.03. The van der Waals surface area contributed by atoms with Gasteiger partial charge in [0.2, 0.25) is 11.8 Å². The van der Waals surface area contributed by atoms with Crippen molar-refractivity contribution in [3.63, 3.8) is 0 Å². The van der Waals surface area contributed by atoms with Gasteiger partial charge < -0.3 is 25.0 Å². The molecular weight excluding hydrogens is 521 g/mol. The van der Waals surface area contributed by atoms with Crippen molar-refractivity contribution in [3.8, 4) is 0 Å². The van der Waals surface area contributed by atoms with E-state index in [0.717, 1.165) is 11.1 Å². The summed E-state index contributed by atoms with van der Waals surface area (Å²) in [4.78, 5) is 54.6. The summed E-state index contributed by atoms with van der Waals surface area (Å²) in [5.41, 5.74) is 1.65. The Balaban J connectivity index is 1.52. The number of hydrogen-bond acceptors (Lipinski definition) is 6. The van der Waals surface area contributed by atoms with Gasteiger partial charge in [0.05, 0.1) is 32.7 Å². The van der Waals surface area contributed by atoms with E-state index in [-0.39, 0.29) is 45.2 Å². The summed E-state index contributed by atoms with van der Waals surface area (Å²) in [6.07, 6.45) is -0.801. The Bertz CT molecular complexity index is 1200. The number of carboxylic acid groups (broad SMARTS) is 1. The zero-order valence-corrected chi connectivity index (χ0v) is 22.4. The molecule has 2 aliphatic heterocycles. The largest absolute Gasteiger partial charge is 0.481 e. The number of aliphatic carboxylic acids is 1. The Hall–Kier alpha value is -4.03. The van der Waals surface area contributed by atoms with Crippen molar-refractivity contribution < 1.29 is 33.4 Å². The van der Waals surface area contributed by atoms with E-state index in [1.165, 1.54) is 26.9 Å². The highest BCUT2D eigenvalue weighted by atomic mass is 19.1. The maximum absolute atomic E-state index is 13.5. The minimum absolute atomic E-state index is 0.000425. The maximum atomic E-state index is 13.5. The van der Waals surface area contributed by atoms with E-state index >= 15 is 0 Å². The Morgan fingerprint density at radius 2 is 1.77 bits per heavy atom. The molecule has 0 bridgehead atoms. The fourth-order valence-corrected chi connectivity index (χ4v) is 5.01. The maximum Gasteiger partial charge on any atom is 0.334 e. The molecule has 2 heterocycles. The molecule has 0 saturated carbocycles. The fourth-order valence-electron chi connectivity index (χ4n) is 5.01. The molecule has 4 rings (SSSR count). The third-order valence-electron chi connectivity index (χ3n) is 6.86. The van der Waals surface area contributed by atoms with Crippen LogP contribution in [0.3, 0.4) is 0 Å². The lowest BCUT2D eigenvalue weighted by Crippen LogP contribution is -2.76. The predicted molar refractivity (Wildman–Crippen MR) is 142 cm³/mol. The Labute approximate surface area is 232 Å². The zero-order valence-electron chi connectivity index (χ0n) is 22.4. The smallest absolute Gasteiger partial charge is 0.334 e. The van der Waals surface area contributed by atoms with Gasteiger partial charge in [0.15, 0.2) is 0 Å². The monoisotopic (exact) mass is 555 g/mol. The van der Waals surface area contributed by atoms with Gasteiger partial charge in [-0.3, -0.25) is 14.4 Å². The van der Waals surface area contributed by atoms with Crippen LogP contribution in [0.25, 0.3) is 0 Å². The first-order chi connectivity index (χ1) is 19.3. The van der Waals surface area contributed by atoms with E-state index in [1.807, 2.05) is 37.3 Å². The second-order valence-electron chi connectivity index (χ2n) is 9.74. The minimum Gasteiger partial charge on any atom is -0.481 e. The second-order valence-corrected chi connectivity index (χ2v) is 9.74. The SMILES string of the molecule is CCCN1CC(=O)N2[C@@H](CC(=O)O)C(=O)N(CCOCc3ccc(F)cc3)C[C@@H]2N1C(=O)NCc1ccccc1. The summed E-state index contributed by atoms with van der Waals surface area (Å²) in [5, 5.41) is 15.6. The van der Waals surface area contributed by atoms with Crippen molar-refractivity contribution >= 4 is 23.8 Å². The summed E-state index contributed by atoms with van der Waals surface area (Å²) in [6.45, 7) is 2.92. The van der Waals surface area contributed by atoms with Gasteiger partial charge in [-0.15, -0.1) is 0 Å². The molecule has 2 aliphatic rings. The van der Waals surface area contributed by atoms with Gasteiger partial charge in [0, 0.05) is 19.6 Å². The molecule has 4 amide bonds. The van der Waals surface area contributed by atoms with Gasteiger partial charge in [-0.05, 0) is 29.7 Å². The van der Waals surface area contributed by atoms with Crippen LogP contribution in [0, 0.1) is 5.82 Å². The lowest BCUT2D eigenvalue weighted by Gasteiger charge is -2.55. The van der Waals surface area contributed by atoms with Crippen molar-refractivity contribution in [2.24, 2.45) is 0 Å². The topological polar surface area (TPSA) is 123 Å². The lowest BCUT2D eigenvalue weighted by atomic mass is 10.0. The molecule has 12 heteroatoms. The molecule has 2 fully saturated rings. The third kappa shape index (κ3) is 6.93. The second kappa shape index (κ2) is 13.4. The van der Waals surface area contributed by atoms with Crippen LogP contribution in [-0.4, -0.2) is 93.7 Å². The van der Waals surface area contributed by atoms with Gasteiger partial charge in [-0.25, -0.2) is 19.2 Å². The third-order valence-corrected chi connectivity index (χ3v) is 6.86. The first kappa shape index (κ1) is 29.0. The summed E-state index contributed by atoms with van der Waals surface area (Å²) in [7, 11) is 0. The van der Waals surface area contributed by atoms with Gasteiger partial charge in [-0.1, -0.05) is 49.4 Å². The van der Waals surface area contributed by atoms with Crippen molar-refractivity contribution in [1.82, 2.24) is 25.1 Å². The number of ether oxygens (including phenoxy) is 1. The number of rotatable bonds is 11. The average Bonchev–Trinajstić information content (AvgIpc) is 2.93. The van der Waals surface area contributed by atoms with Crippen LogP contribution >= 0.6 is 0 Å². The highest BCUT2D eigenvalue weighted by Gasteiger charge is 2.51. The van der Waals surface area contributed by atoms with Crippen LogP contribution in [0.15, 0.2) is 54.6 Å². The molecule has 0 spiro atoms. The minimum atomic E-state index is -1.26. The Kier molecular flexibility index (Phi) is 9.67. The van der Waals surface area contributed by atoms with E-state index in [1.54, 1.807) is 17.1 Å². The van der Waals surface area contributed by atoms with Crippen molar-refractivity contribution in [2.45, 2.75) is 45.1 Å². The number of piperazine rings is 1. The molecule has 2 aromatic rings. The van der Waals surface area contributed by atoms with Crippen LogP contribution < -0.4 is 5.32 Å². The van der Waals surface area contributed by atoms with Crippen molar-refractivity contribution in [3.05, 3.63) is 71.5 Å². The lowest BCUT2D eigenvalue weighted by molar-refractivity contribution is -0.192. The van der Waals surface area contributed by atoms with E-state index in [4.69, 9.17) is 4.74 Å². The summed E-state index contributed by atoms with van der Waals surface area (Å²) < 4.78 is 18.8. The van der Waals surface area contributed by atoms with E-state index < -0.39 is 42.4 Å². The van der Waals surface area contributed by atoms with Crippen LogP contribution in [0.4, 0.5) is 9.18 Å². The van der Waals surface area contributed by atoms with Crippen LogP contribution in [-0.2, 0) is 32.3 Å². The van der Waals surface area contributed by atoms with Gasteiger partial charge in [0.25, 0.3) is 0 Å². The van der Waals surface area contributed by atoms with Crippen molar-refractivity contribution in [1.29, 1.82) is 0 Å². The molecule has 2 saturated heterocycles. The molecule has 214 valence electrons. The molecular formula is C28H34FN5O6. The molecule has 40 heavy (non-hydrogen) atoms. The number of hydrogen-bond donors (Lipinski definition) is 2. The Morgan fingerprint density at radius 3 is 2.45 bits per heavy atom. The molecule has 0 aliphatic carbocycles. The first-order valence-corrected chi connectivity index (χ1v) is 13.3. The summed E-state index contributed by atoms with van der Waals surface area (Å²) in [6, 6.07) is 13.5. The number of benzene rings is 2. The molecule has 2 atom stereocenters. The normalized spacial score (nSPS) is 19.5. The van der Waals surface area contributed by atoms with E-state index in [2.05, 4.69) is 5.32 Å². The highest BCUT2D eigenvalue weighted by molar-refractivity contribution is 5.93. The number of nitrogens with one attached hydrogen (secondary N) is 1. The zero-order chi connectivity index (χ0) is 28.6.